The van der Waals surface area contributed by atoms with Crippen molar-refractivity contribution in [2.75, 3.05) is 0 Å². The zero-order chi connectivity index (χ0) is 10.6. The average molecular weight is 247 g/mol. The van der Waals surface area contributed by atoms with E-state index in [2.05, 4.69) is 0 Å². The first kappa shape index (κ1) is 11.6. The van der Waals surface area contributed by atoms with E-state index in [4.69, 9.17) is 29.6 Å². The first-order valence-electron chi connectivity index (χ1n) is 4.09. The van der Waals surface area contributed by atoms with Crippen LogP contribution >= 0.6 is 35.8 Å². The van der Waals surface area contributed by atoms with Crippen LogP contribution in [0, 0.1) is 0 Å². The number of nitrogens with zero attached hydrogens (tertiary/aromatic N) is 1. The topological polar surface area (TPSA) is 30.9 Å². The fourth-order valence-electron chi connectivity index (χ4n) is 1.02. The Morgan fingerprint density at radius 1 is 1.79 bits per heavy atom. The maximum absolute atomic E-state index is 6.01. The number of nitrogens with two attached hydrogens (primary N) is 1. The van der Waals surface area contributed by atoms with Gasteiger partial charge in [0.1, 0.15) is 0 Å². The van der Waals surface area contributed by atoms with E-state index in [1.165, 1.54) is 11.9 Å². The molecule has 0 atom stereocenters. The fraction of sp³-hybridized carbons (Fsp3) is 0.222. The van der Waals surface area contributed by atoms with E-state index >= 15 is 0 Å². The number of aromatic nitrogens is 1. The molecule has 1 aromatic rings. The van der Waals surface area contributed by atoms with Gasteiger partial charge in [0.25, 0.3) is 0 Å². The first-order chi connectivity index (χ1) is 6.65. The van der Waals surface area contributed by atoms with Crippen LogP contribution in [0.25, 0.3) is 0 Å². The molecule has 0 unspecified atom stereocenters. The van der Waals surface area contributed by atoms with Crippen LogP contribution in [0.1, 0.15) is 12.6 Å². The number of hydrogen-bond acceptors (Lipinski definition) is 2. The second-order valence-corrected chi connectivity index (χ2v) is 4.74. The van der Waals surface area contributed by atoms with Crippen molar-refractivity contribution in [3.05, 3.63) is 35.1 Å². The third-order valence-corrected chi connectivity index (χ3v) is 2.92. The van der Waals surface area contributed by atoms with Gasteiger partial charge in [0.2, 0.25) is 0 Å². The first-order valence-corrected chi connectivity index (χ1v) is 5.65. The quantitative estimate of drug-likeness (QED) is 0.657. The summed E-state index contributed by atoms with van der Waals surface area (Å²) in [7, 11) is 0. The van der Waals surface area contributed by atoms with Crippen molar-refractivity contribution in [3.8, 4) is 0 Å². The molecule has 0 aliphatic rings. The van der Waals surface area contributed by atoms with Gasteiger partial charge in [-0.1, -0.05) is 36.0 Å². The highest BCUT2D eigenvalue weighted by molar-refractivity contribution is 8.21. The molecule has 2 N–H and O–H groups in total. The highest BCUT2D eigenvalue weighted by Gasteiger charge is 2.06. The minimum Gasteiger partial charge on any atom is -0.383 e. The lowest BCUT2D eigenvalue weighted by Crippen LogP contribution is -2.06. The second kappa shape index (κ2) is 5.44. The highest BCUT2D eigenvalue weighted by Crippen LogP contribution is 2.22. The van der Waals surface area contributed by atoms with Crippen molar-refractivity contribution < 1.29 is 0 Å². The van der Waals surface area contributed by atoms with Gasteiger partial charge in [-0.25, -0.2) is 0 Å². The molecule has 76 valence electrons. The molecule has 0 saturated heterocycles. The van der Waals surface area contributed by atoms with Crippen LogP contribution in [0.5, 0.6) is 0 Å². The summed E-state index contributed by atoms with van der Waals surface area (Å²) < 4.78 is 2.28. The Bertz CT molecular complexity index is 358. The van der Waals surface area contributed by atoms with Gasteiger partial charge in [0.15, 0.2) is 4.32 Å². The van der Waals surface area contributed by atoms with Crippen LogP contribution in [0.15, 0.2) is 24.4 Å². The largest absolute Gasteiger partial charge is 0.383 e. The monoisotopic (exact) mass is 246 g/mol. The Hall–Kier alpha value is -0.450. The SMILES string of the molecule is CC=CCc1c(Cl)ccn1SC(N)=S. The van der Waals surface area contributed by atoms with Gasteiger partial charge >= 0.3 is 0 Å². The summed E-state index contributed by atoms with van der Waals surface area (Å²) in [6.07, 6.45) is 6.68. The van der Waals surface area contributed by atoms with Crippen molar-refractivity contribution in [3.63, 3.8) is 0 Å². The standard InChI is InChI=1S/C9H11ClN2S2/c1-2-3-4-8-7(10)5-6-12(8)14-9(11)13/h2-3,5-6H,4H2,1H3,(H2,11,13). The molecule has 0 bridgehead atoms. The summed E-state index contributed by atoms with van der Waals surface area (Å²) >= 11 is 12.1. The van der Waals surface area contributed by atoms with Gasteiger partial charge in [-0.15, -0.1) is 0 Å². The van der Waals surface area contributed by atoms with Gasteiger partial charge in [-0.2, -0.15) is 0 Å². The normalized spacial score (nSPS) is 11.0. The molecule has 1 rings (SSSR count). The molecule has 0 radical (unpaired) electrons. The molecule has 0 aliphatic carbocycles. The van der Waals surface area contributed by atoms with Crippen LogP contribution in [0.4, 0.5) is 0 Å². The molecule has 1 heterocycles. The number of thiocarbonyl (C=S) groups is 1. The molecule has 1 aromatic heterocycles. The highest BCUT2D eigenvalue weighted by atomic mass is 35.5. The Balaban J connectivity index is 2.87. The molecular weight excluding hydrogens is 236 g/mol. The molecule has 0 spiro atoms. The molecule has 2 nitrogen and oxygen atoms in total. The van der Waals surface area contributed by atoms with E-state index in [0.29, 0.717) is 4.32 Å². The van der Waals surface area contributed by atoms with E-state index < -0.39 is 0 Å². The van der Waals surface area contributed by atoms with E-state index in [1.807, 2.05) is 35.3 Å². The summed E-state index contributed by atoms with van der Waals surface area (Å²) in [6.45, 7) is 1.97. The van der Waals surface area contributed by atoms with Gasteiger partial charge in [0.05, 0.1) is 10.7 Å². The summed E-state index contributed by atoms with van der Waals surface area (Å²) in [5.74, 6) is 0. The minimum absolute atomic E-state index is 0.388. The predicted octanol–water partition coefficient (Wildman–Crippen LogP) is 3.00. The number of halogens is 1. The smallest absolute Gasteiger partial charge is 0.152 e. The van der Waals surface area contributed by atoms with Crippen LogP contribution in [0.2, 0.25) is 5.02 Å². The van der Waals surface area contributed by atoms with Crippen molar-refractivity contribution in [1.82, 2.24) is 3.97 Å². The van der Waals surface area contributed by atoms with E-state index in [0.717, 1.165) is 17.1 Å². The summed E-state index contributed by atoms with van der Waals surface area (Å²) in [4.78, 5) is 0. The molecule has 0 aliphatic heterocycles. The molecular formula is C9H11ClN2S2. The summed E-state index contributed by atoms with van der Waals surface area (Å²) in [5.41, 5.74) is 6.46. The molecule has 0 saturated carbocycles. The lowest BCUT2D eigenvalue weighted by molar-refractivity contribution is 1.10. The van der Waals surface area contributed by atoms with Crippen LogP contribution in [-0.4, -0.2) is 8.29 Å². The molecule has 0 fully saturated rings. The maximum Gasteiger partial charge on any atom is 0.152 e. The zero-order valence-corrected chi connectivity index (χ0v) is 10.1. The van der Waals surface area contributed by atoms with Crippen LogP contribution in [-0.2, 0) is 6.42 Å². The van der Waals surface area contributed by atoms with E-state index in [1.54, 1.807) is 0 Å². The predicted molar refractivity (Wildman–Crippen MR) is 67.7 cm³/mol. The van der Waals surface area contributed by atoms with Gasteiger partial charge in [0, 0.05) is 24.6 Å². The Morgan fingerprint density at radius 3 is 3.07 bits per heavy atom. The molecule has 14 heavy (non-hydrogen) atoms. The van der Waals surface area contributed by atoms with Crippen LogP contribution in [0.3, 0.4) is 0 Å². The maximum atomic E-state index is 6.01. The number of allylic oxidation sites excluding steroid dienone is 2. The Morgan fingerprint density at radius 2 is 2.50 bits per heavy atom. The molecule has 5 heteroatoms. The third-order valence-electron chi connectivity index (χ3n) is 1.63. The fourth-order valence-corrected chi connectivity index (χ4v) is 2.14. The van der Waals surface area contributed by atoms with Crippen molar-refractivity contribution in [2.24, 2.45) is 5.73 Å². The number of hydrogen-bond donors (Lipinski definition) is 1. The average Bonchev–Trinajstić information content (AvgIpc) is 2.44. The van der Waals surface area contributed by atoms with Gasteiger partial charge < -0.3 is 5.73 Å². The van der Waals surface area contributed by atoms with Gasteiger partial charge in [-0.3, -0.25) is 3.97 Å². The molecule has 0 aromatic carbocycles. The minimum atomic E-state index is 0.388. The van der Waals surface area contributed by atoms with Crippen molar-refractivity contribution in [2.45, 2.75) is 13.3 Å². The van der Waals surface area contributed by atoms with Crippen molar-refractivity contribution >= 4 is 40.1 Å². The Kier molecular flexibility index (Phi) is 4.51. The third kappa shape index (κ3) is 3.04. The van der Waals surface area contributed by atoms with Gasteiger partial charge in [-0.05, 0) is 13.0 Å². The summed E-state index contributed by atoms with van der Waals surface area (Å²) in [5, 5.41) is 0.742. The van der Waals surface area contributed by atoms with Crippen LogP contribution < -0.4 is 5.73 Å². The van der Waals surface area contributed by atoms with Crippen molar-refractivity contribution in [1.29, 1.82) is 0 Å². The number of rotatable bonds is 3. The summed E-state index contributed by atoms with van der Waals surface area (Å²) in [6, 6.07) is 1.84. The lowest BCUT2D eigenvalue weighted by atomic mass is 10.3. The van der Waals surface area contributed by atoms with E-state index in [-0.39, 0.29) is 0 Å². The molecule has 0 amide bonds. The second-order valence-electron chi connectivity index (χ2n) is 2.62. The zero-order valence-electron chi connectivity index (χ0n) is 7.74. The lowest BCUT2D eigenvalue weighted by Gasteiger charge is -2.04. The van der Waals surface area contributed by atoms with E-state index in [9.17, 15) is 0 Å². The Labute approximate surface area is 98.2 Å².